The van der Waals surface area contributed by atoms with Crippen molar-refractivity contribution in [2.24, 2.45) is 4.99 Å². The molecule has 2 heterocycles. The minimum Gasteiger partial charge on any atom is -0.441 e. The quantitative estimate of drug-likeness (QED) is 0.329. The van der Waals surface area contributed by atoms with E-state index in [4.69, 9.17) is 21.0 Å². The summed E-state index contributed by atoms with van der Waals surface area (Å²) in [7, 11) is 0. The van der Waals surface area contributed by atoms with Crippen molar-refractivity contribution in [3.63, 3.8) is 0 Å². The Kier molecular flexibility index (Phi) is 5.99. The van der Waals surface area contributed by atoms with Crippen molar-refractivity contribution in [3.05, 3.63) is 106 Å². The van der Waals surface area contributed by atoms with Crippen molar-refractivity contribution in [2.75, 3.05) is 4.90 Å². The Hall–Kier alpha value is -3.77. The highest BCUT2D eigenvalue weighted by Gasteiger charge is 2.32. The molecule has 1 aromatic heterocycles. The number of fused-ring (bicyclic) bond motifs is 1. The number of aryl methyl sites for hydroxylation is 2. The lowest BCUT2D eigenvalue weighted by molar-refractivity contribution is -0.119. The van der Waals surface area contributed by atoms with E-state index in [1.807, 2.05) is 38.1 Å². The topological polar surface area (TPSA) is 58.7 Å². The maximum Gasteiger partial charge on any atom is 0.251 e. The minimum absolute atomic E-state index is 0.180. The first-order valence-electron chi connectivity index (χ1n) is 11.3. The van der Waals surface area contributed by atoms with Gasteiger partial charge in [0.25, 0.3) is 5.91 Å². The zero-order valence-corrected chi connectivity index (χ0v) is 20.3. The third-order valence-corrected chi connectivity index (χ3v) is 6.28. The number of aliphatic imine (C=N–C) groups is 1. The average molecular weight is 488 g/mol. The van der Waals surface area contributed by atoms with E-state index in [-0.39, 0.29) is 12.5 Å². The van der Waals surface area contributed by atoms with Crippen molar-refractivity contribution in [2.45, 2.75) is 33.4 Å². The molecular formula is C28H23ClFN3O2. The Balaban J connectivity index is 1.60. The molecule has 0 unspecified atom stereocenters. The van der Waals surface area contributed by atoms with E-state index in [0.717, 1.165) is 11.1 Å². The van der Waals surface area contributed by atoms with E-state index in [0.29, 0.717) is 44.9 Å². The second-order valence-corrected chi connectivity index (χ2v) is 9.05. The molecule has 1 aliphatic heterocycles. The molecule has 1 atom stereocenters. The van der Waals surface area contributed by atoms with Gasteiger partial charge in [0, 0.05) is 21.7 Å². The van der Waals surface area contributed by atoms with Gasteiger partial charge in [0.15, 0.2) is 0 Å². The number of carbonyl (C=O) groups is 1. The maximum absolute atomic E-state index is 14.8. The Morgan fingerprint density at radius 2 is 1.83 bits per heavy atom. The Bertz CT molecular complexity index is 1480. The first-order valence-corrected chi connectivity index (χ1v) is 11.7. The monoisotopic (exact) mass is 487 g/mol. The summed E-state index contributed by atoms with van der Waals surface area (Å²) in [5.41, 5.74) is 4.48. The maximum atomic E-state index is 14.8. The van der Waals surface area contributed by atoms with Crippen molar-refractivity contribution in [1.82, 2.24) is 4.98 Å². The summed E-state index contributed by atoms with van der Waals surface area (Å²) in [6.07, 6.45) is 0. The number of nitrogens with zero attached hydrogens (tertiary/aromatic N) is 3. The number of amides is 1. The SMILES string of the molecule is Cc1cccc(-c2nc(CN3C(=O)[C@@H](C)N=C(c4ccccc4F)c4cc(Cl)ccc43)c(C)o2)c1. The second kappa shape index (κ2) is 9.12. The van der Waals surface area contributed by atoms with Gasteiger partial charge in [0.1, 0.15) is 23.3 Å². The molecule has 3 aromatic carbocycles. The summed E-state index contributed by atoms with van der Waals surface area (Å²) in [5, 5.41) is 0.467. The summed E-state index contributed by atoms with van der Waals surface area (Å²) < 4.78 is 20.7. The van der Waals surface area contributed by atoms with Crippen LogP contribution in [-0.2, 0) is 11.3 Å². The lowest BCUT2D eigenvalue weighted by Crippen LogP contribution is -2.36. The lowest BCUT2D eigenvalue weighted by atomic mass is 9.99. The summed E-state index contributed by atoms with van der Waals surface area (Å²) in [6.45, 7) is 5.72. The zero-order valence-electron chi connectivity index (χ0n) is 19.5. The molecule has 1 amide bonds. The van der Waals surface area contributed by atoms with Crippen LogP contribution in [0.3, 0.4) is 0 Å². The van der Waals surface area contributed by atoms with Crippen LogP contribution in [0.1, 0.15) is 35.1 Å². The van der Waals surface area contributed by atoms with Crippen LogP contribution < -0.4 is 4.90 Å². The van der Waals surface area contributed by atoms with Crippen LogP contribution in [0, 0.1) is 19.7 Å². The number of benzene rings is 3. The van der Waals surface area contributed by atoms with Gasteiger partial charge in [-0.3, -0.25) is 9.79 Å². The van der Waals surface area contributed by atoms with Crippen LogP contribution in [0.15, 0.2) is 76.1 Å². The summed E-state index contributed by atoms with van der Waals surface area (Å²) in [6, 6.07) is 18.7. The van der Waals surface area contributed by atoms with Gasteiger partial charge >= 0.3 is 0 Å². The second-order valence-electron chi connectivity index (χ2n) is 8.61. The van der Waals surface area contributed by atoms with Gasteiger partial charge < -0.3 is 9.32 Å². The molecule has 0 aliphatic carbocycles. The van der Waals surface area contributed by atoms with Gasteiger partial charge in [-0.05, 0) is 63.2 Å². The van der Waals surface area contributed by atoms with Crippen LogP contribution in [-0.4, -0.2) is 22.6 Å². The number of anilines is 1. The smallest absolute Gasteiger partial charge is 0.251 e. The number of hydrogen-bond acceptors (Lipinski definition) is 4. The molecule has 0 fully saturated rings. The zero-order chi connectivity index (χ0) is 24.7. The molecule has 35 heavy (non-hydrogen) atoms. The number of hydrogen-bond donors (Lipinski definition) is 0. The number of aromatic nitrogens is 1. The first-order chi connectivity index (χ1) is 16.8. The van der Waals surface area contributed by atoms with Crippen LogP contribution in [0.5, 0.6) is 0 Å². The van der Waals surface area contributed by atoms with Gasteiger partial charge in [-0.2, -0.15) is 0 Å². The molecule has 5 nitrogen and oxygen atoms in total. The highest BCUT2D eigenvalue weighted by molar-refractivity contribution is 6.32. The van der Waals surface area contributed by atoms with Crippen LogP contribution in [0.25, 0.3) is 11.5 Å². The van der Waals surface area contributed by atoms with Gasteiger partial charge in [-0.25, -0.2) is 9.37 Å². The van der Waals surface area contributed by atoms with Gasteiger partial charge in [0.2, 0.25) is 5.89 Å². The lowest BCUT2D eigenvalue weighted by Gasteiger charge is -2.24. The third kappa shape index (κ3) is 4.37. The molecule has 0 saturated heterocycles. The molecule has 5 rings (SSSR count). The molecule has 0 spiro atoms. The molecule has 7 heteroatoms. The van der Waals surface area contributed by atoms with Crippen molar-refractivity contribution < 1.29 is 13.6 Å². The van der Waals surface area contributed by atoms with Crippen LogP contribution >= 0.6 is 11.6 Å². The molecule has 0 saturated carbocycles. The van der Waals surface area contributed by atoms with Gasteiger partial charge in [-0.15, -0.1) is 0 Å². The molecule has 176 valence electrons. The van der Waals surface area contributed by atoms with Crippen molar-refractivity contribution in [1.29, 1.82) is 0 Å². The molecule has 1 aliphatic rings. The summed E-state index contributed by atoms with van der Waals surface area (Å²) in [4.78, 5) is 24.5. The number of rotatable bonds is 4. The predicted molar refractivity (Wildman–Crippen MR) is 136 cm³/mol. The molecule has 0 N–H and O–H groups in total. The molecule has 0 bridgehead atoms. The first kappa shape index (κ1) is 23.0. The average Bonchev–Trinajstić information content (AvgIpc) is 3.17. The van der Waals surface area contributed by atoms with E-state index in [2.05, 4.69) is 4.99 Å². The fraction of sp³-hybridized carbons (Fsp3) is 0.179. The third-order valence-electron chi connectivity index (χ3n) is 6.05. The van der Waals surface area contributed by atoms with Crippen molar-refractivity contribution >= 4 is 28.9 Å². The summed E-state index contributed by atoms with van der Waals surface area (Å²) >= 11 is 6.33. The predicted octanol–water partition coefficient (Wildman–Crippen LogP) is 6.52. The van der Waals surface area contributed by atoms with E-state index >= 15 is 0 Å². The van der Waals surface area contributed by atoms with Crippen LogP contribution in [0.4, 0.5) is 10.1 Å². The van der Waals surface area contributed by atoms with E-state index in [1.54, 1.807) is 48.2 Å². The molecule has 0 radical (unpaired) electrons. The number of halogens is 2. The van der Waals surface area contributed by atoms with Gasteiger partial charge in [-0.1, -0.05) is 41.4 Å². The Labute approximate surface area is 207 Å². The van der Waals surface area contributed by atoms with Crippen molar-refractivity contribution in [3.8, 4) is 11.5 Å². The van der Waals surface area contributed by atoms with Crippen LogP contribution in [0.2, 0.25) is 5.02 Å². The van der Waals surface area contributed by atoms with E-state index < -0.39 is 11.9 Å². The highest BCUT2D eigenvalue weighted by atomic mass is 35.5. The Morgan fingerprint density at radius 1 is 1.03 bits per heavy atom. The van der Waals surface area contributed by atoms with E-state index in [9.17, 15) is 9.18 Å². The number of oxazole rings is 1. The number of benzodiazepines with no additional fused rings is 1. The summed E-state index contributed by atoms with van der Waals surface area (Å²) in [5.74, 6) is 0.480. The largest absolute Gasteiger partial charge is 0.441 e. The molecule has 4 aromatic rings. The van der Waals surface area contributed by atoms with E-state index in [1.165, 1.54) is 6.07 Å². The minimum atomic E-state index is -0.737. The highest BCUT2D eigenvalue weighted by Crippen LogP contribution is 2.33. The number of carbonyl (C=O) groups excluding carboxylic acids is 1. The standard InChI is InChI=1S/C28H23ClFN3O2/c1-16-7-6-8-19(13-16)27-32-24(18(3)35-27)15-33-25-12-11-20(29)14-22(25)26(31-17(2)28(33)34)21-9-4-5-10-23(21)30/h4-14,17H,15H2,1-3H3/t17-/m1/s1. The molecular weight excluding hydrogens is 465 g/mol. The fourth-order valence-corrected chi connectivity index (χ4v) is 4.43. The fourth-order valence-electron chi connectivity index (χ4n) is 4.25. The normalized spacial score (nSPS) is 15.6. The van der Waals surface area contributed by atoms with Gasteiger partial charge in [0.05, 0.1) is 17.9 Å². The Morgan fingerprint density at radius 3 is 2.60 bits per heavy atom.